The number of fused-ring (bicyclic) bond motifs is 7. The average molecular weight is 584 g/mol. The molecule has 5 aliphatic carbocycles. The highest BCUT2D eigenvalue weighted by molar-refractivity contribution is 5.81. The van der Waals surface area contributed by atoms with Crippen LogP contribution in [-0.4, -0.2) is 29.1 Å². The third-order valence-electron chi connectivity index (χ3n) is 14.9. The summed E-state index contributed by atoms with van der Waals surface area (Å²) in [5.41, 5.74) is -0.688. The van der Waals surface area contributed by atoms with E-state index >= 15 is 0 Å². The second-order valence-electron chi connectivity index (χ2n) is 17.3. The number of aliphatic carboxylic acids is 1. The molecule has 0 unspecified atom stereocenters. The standard InChI is InChI=1S/C36H55O6/c1-21(2)22-12-17-36(30(40)41)19-18-34(8)23(28(22)36)10-11-25-33(7)15-14-26(42-27(37)20-31(3,4)29(38)39)32(5,6)24(33)13-16-35(25,34)9/h22-26,28H,1,10-20H2,2-9H3,(H,38,39)/t22-,23+,24-,25+,26-,28+,33-,34+,35+,36-/m0/s1. The van der Waals surface area contributed by atoms with Gasteiger partial charge in [0.2, 0.25) is 0 Å². The number of carboxylic acids is 1. The van der Waals surface area contributed by atoms with Crippen molar-refractivity contribution >= 4 is 17.9 Å². The molecule has 0 bridgehead atoms. The number of hydrogen-bond acceptors (Lipinski definition) is 4. The summed E-state index contributed by atoms with van der Waals surface area (Å²) < 4.78 is 6.10. The van der Waals surface area contributed by atoms with Crippen molar-refractivity contribution in [2.24, 2.45) is 62.1 Å². The second-order valence-corrected chi connectivity index (χ2v) is 17.3. The Labute approximate surface area is 253 Å². The third kappa shape index (κ3) is 4.19. The van der Waals surface area contributed by atoms with Crippen molar-refractivity contribution in [3.63, 3.8) is 0 Å². The van der Waals surface area contributed by atoms with E-state index in [1.807, 2.05) is 0 Å². The molecule has 1 N–H and O–H groups in total. The van der Waals surface area contributed by atoms with Crippen LogP contribution in [0.4, 0.5) is 0 Å². The molecule has 0 aromatic carbocycles. The van der Waals surface area contributed by atoms with Gasteiger partial charge in [-0.2, -0.15) is 0 Å². The van der Waals surface area contributed by atoms with Crippen LogP contribution < -0.4 is 0 Å². The van der Waals surface area contributed by atoms with E-state index < -0.39 is 28.7 Å². The molecule has 6 nitrogen and oxygen atoms in total. The quantitative estimate of drug-likeness (QED) is 0.252. The van der Waals surface area contributed by atoms with Gasteiger partial charge in [0.1, 0.15) is 6.10 Å². The van der Waals surface area contributed by atoms with Crippen LogP contribution in [0.5, 0.6) is 0 Å². The highest BCUT2D eigenvalue weighted by Crippen LogP contribution is 2.77. The van der Waals surface area contributed by atoms with Crippen LogP contribution in [0.15, 0.2) is 12.2 Å². The van der Waals surface area contributed by atoms with Crippen molar-refractivity contribution < 1.29 is 29.3 Å². The average Bonchev–Trinajstić information content (AvgIpc) is 3.27. The topological polar surface area (TPSA) is 101 Å². The predicted octanol–water partition coefficient (Wildman–Crippen LogP) is 8.01. The monoisotopic (exact) mass is 583 g/mol. The van der Waals surface area contributed by atoms with E-state index in [-0.39, 0.29) is 46.0 Å². The first-order chi connectivity index (χ1) is 19.3. The highest BCUT2D eigenvalue weighted by atomic mass is 16.5. The number of esters is 1. The highest BCUT2D eigenvalue weighted by Gasteiger charge is 2.72. The lowest BCUT2D eigenvalue weighted by molar-refractivity contribution is -0.251. The molecule has 235 valence electrons. The maximum Gasteiger partial charge on any atom is 0.361 e. The summed E-state index contributed by atoms with van der Waals surface area (Å²) in [5.74, 6) is -0.592. The van der Waals surface area contributed by atoms with Crippen LogP contribution in [0.1, 0.15) is 126 Å². The number of ether oxygens (including phenoxy) is 1. The summed E-state index contributed by atoms with van der Waals surface area (Å²) in [7, 11) is 0. The van der Waals surface area contributed by atoms with E-state index in [0.29, 0.717) is 17.8 Å². The molecule has 0 spiro atoms. The number of rotatable bonds is 6. The van der Waals surface area contributed by atoms with Gasteiger partial charge in [0.15, 0.2) is 0 Å². The predicted molar refractivity (Wildman–Crippen MR) is 161 cm³/mol. The lowest BCUT2D eigenvalue weighted by Crippen LogP contribution is -2.67. The molecule has 1 radical (unpaired) electrons. The zero-order valence-corrected chi connectivity index (χ0v) is 27.4. The Hall–Kier alpha value is -1.85. The summed E-state index contributed by atoms with van der Waals surface area (Å²) in [6, 6.07) is 0. The third-order valence-corrected chi connectivity index (χ3v) is 14.9. The molecule has 42 heavy (non-hydrogen) atoms. The molecule has 0 amide bonds. The molecule has 5 aliphatic rings. The van der Waals surface area contributed by atoms with Crippen LogP contribution in [0.2, 0.25) is 0 Å². The molecule has 5 saturated carbocycles. The number of carboxylic acid groups (broad SMARTS) is 1. The normalized spacial score (nSPS) is 45.9. The lowest BCUT2D eigenvalue weighted by Gasteiger charge is -2.72. The molecular weight excluding hydrogens is 528 g/mol. The first-order valence-electron chi connectivity index (χ1n) is 16.6. The molecule has 5 fully saturated rings. The Balaban J connectivity index is 1.42. The van der Waals surface area contributed by atoms with Gasteiger partial charge in [0, 0.05) is 5.41 Å². The summed E-state index contributed by atoms with van der Waals surface area (Å²) in [6.45, 7) is 21.6. The van der Waals surface area contributed by atoms with Gasteiger partial charge in [0.25, 0.3) is 0 Å². The Kier molecular flexibility index (Phi) is 7.39. The summed E-state index contributed by atoms with van der Waals surface area (Å²) in [5, 5.41) is 22.3. The van der Waals surface area contributed by atoms with Gasteiger partial charge < -0.3 is 9.84 Å². The molecule has 0 heterocycles. The Morgan fingerprint density at radius 1 is 0.857 bits per heavy atom. The number of carbonyl (C=O) groups is 3. The van der Waals surface area contributed by atoms with Crippen LogP contribution in [-0.2, 0) is 24.2 Å². The SMILES string of the molecule is C=C(C)[C@@H]1CC[C@]2(C([O])=O)CC[C@]3(C)[C@H](CC[C@@H]4[C@@]5(C)CC[C@H](OC(=O)CC(C)(C)C(=O)O)C(C)(C)[C@@H]5CC[C@]43C)[C@@H]12. The van der Waals surface area contributed by atoms with E-state index in [1.54, 1.807) is 13.8 Å². The van der Waals surface area contributed by atoms with Crippen molar-refractivity contribution in [2.45, 2.75) is 132 Å². The van der Waals surface area contributed by atoms with Gasteiger partial charge >= 0.3 is 17.9 Å². The summed E-state index contributed by atoms with van der Waals surface area (Å²) in [4.78, 5) is 37.3. The zero-order valence-electron chi connectivity index (χ0n) is 27.4. The van der Waals surface area contributed by atoms with E-state index in [4.69, 9.17) is 4.74 Å². The minimum absolute atomic E-state index is 0.0570. The van der Waals surface area contributed by atoms with Crippen LogP contribution in [0.25, 0.3) is 0 Å². The van der Waals surface area contributed by atoms with Crippen molar-refractivity contribution in [1.82, 2.24) is 0 Å². The summed E-state index contributed by atoms with van der Waals surface area (Å²) in [6.07, 6.45) is 9.07. The fourth-order valence-electron chi connectivity index (χ4n) is 12.3. The van der Waals surface area contributed by atoms with Gasteiger partial charge in [-0.15, -0.1) is 0 Å². The number of allylic oxidation sites excluding steroid dienone is 1. The van der Waals surface area contributed by atoms with Crippen LogP contribution in [0.3, 0.4) is 0 Å². The first-order valence-corrected chi connectivity index (χ1v) is 16.6. The smallest absolute Gasteiger partial charge is 0.361 e. The van der Waals surface area contributed by atoms with Gasteiger partial charge in [-0.05, 0) is 131 Å². The fourth-order valence-corrected chi connectivity index (χ4v) is 12.3. The lowest BCUT2D eigenvalue weighted by atomic mass is 9.32. The minimum atomic E-state index is -1.15. The van der Waals surface area contributed by atoms with Crippen molar-refractivity contribution in [1.29, 1.82) is 0 Å². The van der Waals surface area contributed by atoms with Crippen molar-refractivity contribution in [3.05, 3.63) is 12.2 Å². The Morgan fingerprint density at radius 3 is 2.12 bits per heavy atom. The molecule has 10 atom stereocenters. The number of hydrogen-bond donors (Lipinski definition) is 1. The Bertz CT molecular complexity index is 1170. The minimum Gasteiger partial charge on any atom is -0.481 e. The Morgan fingerprint density at radius 2 is 1.52 bits per heavy atom. The van der Waals surface area contributed by atoms with E-state index in [9.17, 15) is 24.6 Å². The molecule has 0 saturated heterocycles. The van der Waals surface area contributed by atoms with E-state index in [0.717, 1.165) is 69.8 Å². The van der Waals surface area contributed by atoms with Crippen molar-refractivity contribution in [2.75, 3.05) is 0 Å². The van der Waals surface area contributed by atoms with E-state index in [2.05, 4.69) is 48.1 Å². The second kappa shape index (κ2) is 9.83. The van der Waals surface area contributed by atoms with Gasteiger partial charge in [-0.3, -0.25) is 9.59 Å². The maximum atomic E-state index is 12.9. The van der Waals surface area contributed by atoms with Gasteiger partial charge in [0.05, 0.1) is 17.3 Å². The molecule has 5 rings (SSSR count). The molecule has 0 aromatic rings. The maximum absolute atomic E-state index is 12.9. The number of carbonyl (C=O) groups excluding carboxylic acids is 2. The molecule has 6 heteroatoms. The van der Waals surface area contributed by atoms with E-state index in [1.165, 1.54) is 0 Å². The largest absolute Gasteiger partial charge is 0.481 e. The molecule has 0 aromatic heterocycles. The zero-order chi connectivity index (χ0) is 31.3. The summed E-state index contributed by atoms with van der Waals surface area (Å²) >= 11 is 0. The first kappa shape index (κ1) is 31.6. The molecule has 0 aliphatic heterocycles. The van der Waals surface area contributed by atoms with Crippen molar-refractivity contribution in [3.8, 4) is 0 Å². The van der Waals surface area contributed by atoms with Gasteiger partial charge in [-0.1, -0.05) is 46.8 Å². The molecular formula is C36H55O6. The fraction of sp³-hybridized carbons (Fsp3) is 0.861. The van der Waals surface area contributed by atoms with Crippen LogP contribution >= 0.6 is 0 Å². The van der Waals surface area contributed by atoms with Crippen LogP contribution in [0, 0.1) is 62.1 Å². The van der Waals surface area contributed by atoms with Gasteiger partial charge in [-0.25, -0.2) is 9.90 Å².